The molecule has 1 N–H and O–H groups in total. The van der Waals surface area contributed by atoms with Gasteiger partial charge in [0.05, 0.1) is 12.7 Å². The van der Waals surface area contributed by atoms with Gasteiger partial charge in [-0.15, -0.1) is 0 Å². The summed E-state index contributed by atoms with van der Waals surface area (Å²) < 4.78 is 11.1. The van der Waals surface area contributed by atoms with E-state index in [0.717, 1.165) is 37.0 Å². The van der Waals surface area contributed by atoms with E-state index in [-0.39, 0.29) is 12.0 Å². The molecule has 0 bridgehead atoms. The van der Waals surface area contributed by atoms with E-state index in [9.17, 15) is 4.79 Å². The van der Waals surface area contributed by atoms with E-state index in [1.54, 1.807) is 0 Å². The van der Waals surface area contributed by atoms with Gasteiger partial charge in [0.1, 0.15) is 0 Å². The smallest absolute Gasteiger partial charge is 0.251 e. The van der Waals surface area contributed by atoms with Gasteiger partial charge in [-0.1, -0.05) is 17.7 Å². The largest absolute Gasteiger partial charge is 0.379 e. The van der Waals surface area contributed by atoms with Gasteiger partial charge >= 0.3 is 0 Å². The van der Waals surface area contributed by atoms with E-state index in [2.05, 4.69) is 5.32 Å². The van der Waals surface area contributed by atoms with Crippen LogP contribution in [0.4, 0.5) is 0 Å². The average molecular weight is 291 g/mol. The molecule has 0 radical (unpaired) electrons. The van der Waals surface area contributed by atoms with Crippen LogP contribution >= 0.6 is 0 Å². The molecule has 1 amide bonds. The first-order valence-corrected chi connectivity index (χ1v) is 7.71. The third-order valence-electron chi connectivity index (χ3n) is 3.71. The minimum absolute atomic E-state index is 0.00775. The molecular formula is C17H25NO3. The molecule has 4 nitrogen and oxygen atoms in total. The van der Waals surface area contributed by atoms with E-state index in [1.165, 1.54) is 5.56 Å². The fourth-order valence-electron chi connectivity index (χ4n) is 2.53. The van der Waals surface area contributed by atoms with E-state index < -0.39 is 0 Å². The molecule has 1 aliphatic rings. The maximum Gasteiger partial charge on any atom is 0.251 e. The van der Waals surface area contributed by atoms with Crippen LogP contribution in [0.3, 0.4) is 0 Å². The molecule has 0 saturated carbocycles. The van der Waals surface area contributed by atoms with Gasteiger partial charge in [-0.05, 0) is 44.7 Å². The fraction of sp³-hybridized carbons (Fsp3) is 0.588. The molecule has 4 heteroatoms. The van der Waals surface area contributed by atoms with Crippen molar-refractivity contribution in [2.75, 3.05) is 26.4 Å². The van der Waals surface area contributed by atoms with Gasteiger partial charge in [-0.3, -0.25) is 4.79 Å². The summed E-state index contributed by atoms with van der Waals surface area (Å²) in [6.45, 7) is 6.82. The zero-order valence-corrected chi connectivity index (χ0v) is 13.0. The molecule has 0 unspecified atom stereocenters. The van der Waals surface area contributed by atoms with Crippen molar-refractivity contribution >= 4 is 5.91 Å². The SMILES string of the molecule is Cc1ccc(C(=O)NCCCOC[C@H]2CCCO2)c(C)c1. The summed E-state index contributed by atoms with van der Waals surface area (Å²) in [5.41, 5.74) is 2.94. The Labute approximate surface area is 126 Å². The third-order valence-corrected chi connectivity index (χ3v) is 3.71. The minimum atomic E-state index is -0.00775. The number of hydrogen-bond donors (Lipinski definition) is 1. The van der Waals surface area contributed by atoms with Gasteiger partial charge in [0, 0.05) is 25.3 Å². The number of amides is 1. The molecule has 0 aliphatic carbocycles. The Morgan fingerprint density at radius 3 is 3.00 bits per heavy atom. The number of carbonyl (C=O) groups excluding carboxylic acids is 1. The Kier molecular flexibility index (Phi) is 6.21. The van der Waals surface area contributed by atoms with Gasteiger partial charge in [-0.25, -0.2) is 0 Å². The molecule has 21 heavy (non-hydrogen) atoms. The monoisotopic (exact) mass is 291 g/mol. The zero-order valence-electron chi connectivity index (χ0n) is 13.0. The topological polar surface area (TPSA) is 47.6 Å². The third kappa shape index (κ3) is 5.14. The number of hydrogen-bond acceptors (Lipinski definition) is 3. The Bertz CT molecular complexity index is 467. The number of benzene rings is 1. The van der Waals surface area contributed by atoms with Crippen molar-refractivity contribution in [3.63, 3.8) is 0 Å². The fourth-order valence-corrected chi connectivity index (χ4v) is 2.53. The van der Waals surface area contributed by atoms with Crippen LogP contribution in [0.5, 0.6) is 0 Å². The standard InChI is InChI=1S/C17H25NO3/c1-13-6-7-16(14(2)11-13)17(19)18-8-4-9-20-12-15-5-3-10-21-15/h6-7,11,15H,3-5,8-10,12H2,1-2H3,(H,18,19)/t15-/m1/s1. The van der Waals surface area contributed by atoms with E-state index in [0.29, 0.717) is 19.8 Å². The average Bonchev–Trinajstić information content (AvgIpc) is 2.95. The lowest BCUT2D eigenvalue weighted by Crippen LogP contribution is -2.26. The summed E-state index contributed by atoms with van der Waals surface area (Å²) >= 11 is 0. The summed E-state index contributed by atoms with van der Waals surface area (Å²) in [7, 11) is 0. The van der Waals surface area contributed by atoms with Gasteiger partial charge in [0.2, 0.25) is 0 Å². The Hall–Kier alpha value is -1.39. The lowest BCUT2D eigenvalue weighted by Gasteiger charge is -2.11. The van der Waals surface area contributed by atoms with Crippen LogP contribution < -0.4 is 5.32 Å². The first-order valence-electron chi connectivity index (χ1n) is 7.71. The van der Waals surface area contributed by atoms with Crippen molar-refractivity contribution in [3.8, 4) is 0 Å². The lowest BCUT2D eigenvalue weighted by molar-refractivity contribution is 0.0166. The highest BCUT2D eigenvalue weighted by Crippen LogP contribution is 2.12. The van der Waals surface area contributed by atoms with Gasteiger partial charge in [-0.2, -0.15) is 0 Å². The second-order valence-electron chi connectivity index (χ2n) is 5.64. The van der Waals surface area contributed by atoms with Crippen LogP contribution in [-0.4, -0.2) is 38.4 Å². The molecule has 0 aromatic heterocycles. The molecule has 1 aliphatic heterocycles. The minimum Gasteiger partial charge on any atom is -0.379 e. The first kappa shape index (κ1) is 16.0. The summed E-state index contributed by atoms with van der Waals surface area (Å²) in [6.07, 6.45) is 3.34. The quantitative estimate of drug-likeness (QED) is 0.786. The molecule has 1 aromatic carbocycles. The lowest BCUT2D eigenvalue weighted by atomic mass is 10.1. The maximum absolute atomic E-state index is 12.0. The Balaban J connectivity index is 1.60. The van der Waals surface area contributed by atoms with Crippen molar-refractivity contribution < 1.29 is 14.3 Å². The molecule has 1 atom stereocenters. The van der Waals surface area contributed by atoms with Crippen LogP contribution in [0.25, 0.3) is 0 Å². The van der Waals surface area contributed by atoms with Gasteiger partial charge in [0.25, 0.3) is 5.91 Å². The second-order valence-corrected chi connectivity index (χ2v) is 5.64. The molecule has 2 rings (SSSR count). The molecule has 0 spiro atoms. The molecule has 1 saturated heterocycles. The maximum atomic E-state index is 12.0. The Morgan fingerprint density at radius 2 is 2.29 bits per heavy atom. The van der Waals surface area contributed by atoms with E-state index in [1.807, 2.05) is 32.0 Å². The summed E-state index contributed by atoms with van der Waals surface area (Å²) in [4.78, 5) is 12.0. The number of ether oxygens (including phenoxy) is 2. The summed E-state index contributed by atoms with van der Waals surface area (Å²) in [6, 6.07) is 5.88. The van der Waals surface area contributed by atoms with Gasteiger partial charge in [0.15, 0.2) is 0 Å². The van der Waals surface area contributed by atoms with Crippen LogP contribution in [-0.2, 0) is 9.47 Å². The predicted molar refractivity (Wildman–Crippen MR) is 82.7 cm³/mol. The van der Waals surface area contributed by atoms with Crippen LogP contribution in [0.2, 0.25) is 0 Å². The van der Waals surface area contributed by atoms with E-state index >= 15 is 0 Å². The van der Waals surface area contributed by atoms with Crippen molar-refractivity contribution in [2.24, 2.45) is 0 Å². The summed E-state index contributed by atoms with van der Waals surface area (Å²) in [5, 5.41) is 2.94. The van der Waals surface area contributed by atoms with Gasteiger partial charge < -0.3 is 14.8 Å². The number of nitrogens with one attached hydrogen (secondary N) is 1. The van der Waals surface area contributed by atoms with Crippen molar-refractivity contribution in [1.82, 2.24) is 5.32 Å². The number of rotatable bonds is 7. The van der Waals surface area contributed by atoms with Crippen LogP contribution in [0.15, 0.2) is 18.2 Å². The van der Waals surface area contributed by atoms with E-state index in [4.69, 9.17) is 9.47 Å². The highest BCUT2D eigenvalue weighted by Gasteiger charge is 2.15. The normalized spacial score (nSPS) is 17.9. The molecule has 1 heterocycles. The molecule has 1 fully saturated rings. The number of carbonyl (C=O) groups is 1. The van der Waals surface area contributed by atoms with Crippen molar-refractivity contribution in [2.45, 2.75) is 39.2 Å². The molecule has 1 aromatic rings. The highest BCUT2D eigenvalue weighted by molar-refractivity contribution is 5.95. The van der Waals surface area contributed by atoms with Crippen molar-refractivity contribution in [3.05, 3.63) is 34.9 Å². The second kappa shape index (κ2) is 8.15. The highest BCUT2D eigenvalue weighted by atomic mass is 16.5. The van der Waals surface area contributed by atoms with Crippen LogP contribution in [0.1, 0.15) is 40.7 Å². The Morgan fingerprint density at radius 1 is 1.43 bits per heavy atom. The summed E-state index contributed by atoms with van der Waals surface area (Å²) in [5.74, 6) is -0.00775. The predicted octanol–water partition coefficient (Wildman–Crippen LogP) is 2.62. The number of aryl methyl sites for hydroxylation is 2. The van der Waals surface area contributed by atoms with Crippen molar-refractivity contribution in [1.29, 1.82) is 0 Å². The zero-order chi connectivity index (χ0) is 15.1. The molecular weight excluding hydrogens is 266 g/mol. The first-order chi connectivity index (χ1) is 10.2. The molecule has 116 valence electrons. The van der Waals surface area contributed by atoms with Crippen LogP contribution in [0, 0.1) is 13.8 Å².